The fourth-order valence-electron chi connectivity index (χ4n) is 2.24. The average molecular weight is 284 g/mol. The molecule has 7 heteroatoms. The maximum absolute atomic E-state index is 11.4. The highest BCUT2D eigenvalue weighted by atomic mass is 32.2. The summed E-state index contributed by atoms with van der Waals surface area (Å²) in [5.74, 6) is 0. The molecule has 4 N–H and O–H groups in total. The van der Waals surface area contributed by atoms with Gasteiger partial charge in [0.15, 0.2) is 0 Å². The highest BCUT2D eigenvalue weighted by molar-refractivity contribution is 7.89. The molecule has 1 atom stereocenters. The number of nitrogen functional groups attached to an aromatic ring is 1. The molecule has 0 aliphatic carbocycles. The summed E-state index contributed by atoms with van der Waals surface area (Å²) in [6, 6.07) is 4.99. The fourth-order valence-corrected chi connectivity index (χ4v) is 2.78. The summed E-state index contributed by atoms with van der Waals surface area (Å²) >= 11 is 0. The molecular formula is C12H20N4O2S. The SMILES string of the molecule is CC1CN(c2cc(S(N)(=O)=O)ccc2N)CCN1C. The molecule has 1 aliphatic heterocycles. The molecule has 0 aromatic heterocycles. The van der Waals surface area contributed by atoms with E-state index in [2.05, 4.69) is 23.8 Å². The van der Waals surface area contributed by atoms with Crippen molar-refractivity contribution < 1.29 is 8.42 Å². The summed E-state index contributed by atoms with van der Waals surface area (Å²) < 4.78 is 22.8. The predicted octanol–water partition coefficient (Wildman–Crippen LogP) is 0.0565. The number of piperazine rings is 1. The van der Waals surface area contributed by atoms with Gasteiger partial charge in [0.1, 0.15) is 0 Å². The highest BCUT2D eigenvalue weighted by Gasteiger charge is 2.23. The summed E-state index contributed by atoms with van der Waals surface area (Å²) in [4.78, 5) is 4.47. The third kappa shape index (κ3) is 2.99. The number of sulfonamides is 1. The summed E-state index contributed by atoms with van der Waals surface area (Å²) in [5.41, 5.74) is 7.27. The molecule has 0 spiro atoms. The first-order valence-corrected chi connectivity index (χ1v) is 7.71. The molecule has 1 unspecified atom stereocenters. The van der Waals surface area contributed by atoms with Crippen molar-refractivity contribution in [3.8, 4) is 0 Å². The van der Waals surface area contributed by atoms with Crippen LogP contribution in [0.4, 0.5) is 11.4 Å². The van der Waals surface area contributed by atoms with Gasteiger partial charge in [-0.25, -0.2) is 13.6 Å². The Bertz CT molecular complexity index is 573. The minimum atomic E-state index is -3.70. The van der Waals surface area contributed by atoms with Gasteiger partial charge >= 0.3 is 0 Å². The van der Waals surface area contributed by atoms with Gasteiger partial charge in [-0.15, -0.1) is 0 Å². The fraction of sp³-hybridized carbons (Fsp3) is 0.500. The number of anilines is 2. The normalized spacial score (nSPS) is 21.6. The number of hydrogen-bond acceptors (Lipinski definition) is 5. The van der Waals surface area contributed by atoms with Crippen molar-refractivity contribution >= 4 is 21.4 Å². The minimum Gasteiger partial charge on any atom is -0.397 e. The van der Waals surface area contributed by atoms with Crippen LogP contribution in [0.15, 0.2) is 23.1 Å². The second-order valence-corrected chi connectivity index (χ2v) is 6.60. The Morgan fingerprint density at radius 1 is 1.32 bits per heavy atom. The summed E-state index contributed by atoms with van der Waals surface area (Å²) in [5, 5.41) is 5.16. The zero-order valence-corrected chi connectivity index (χ0v) is 12.0. The maximum Gasteiger partial charge on any atom is 0.238 e. The number of likely N-dealkylation sites (N-methyl/N-ethyl adjacent to an activating group) is 1. The van der Waals surface area contributed by atoms with Crippen molar-refractivity contribution in [2.75, 3.05) is 37.3 Å². The van der Waals surface area contributed by atoms with Crippen molar-refractivity contribution in [1.29, 1.82) is 0 Å². The van der Waals surface area contributed by atoms with Gasteiger partial charge in [0.05, 0.1) is 16.3 Å². The topological polar surface area (TPSA) is 92.7 Å². The van der Waals surface area contributed by atoms with Crippen LogP contribution in [-0.4, -0.2) is 46.0 Å². The molecular weight excluding hydrogens is 264 g/mol. The molecule has 1 saturated heterocycles. The monoisotopic (exact) mass is 284 g/mol. The Morgan fingerprint density at radius 3 is 2.58 bits per heavy atom. The Kier molecular flexibility index (Phi) is 3.71. The largest absolute Gasteiger partial charge is 0.397 e. The molecule has 1 fully saturated rings. The molecule has 1 aliphatic rings. The minimum absolute atomic E-state index is 0.100. The lowest BCUT2D eigenvalue weighted by Gasteiger charge is -2.39. The van der Waals surface area contributed by atoms with E-state index in [4.69, 9.17) is 10.9 Å². The predicted molar refractivity (Wildman–Crippen MR) is 76.5 cm³/mol. The molecule has 19 heavy (non-hydrogen) atoms. The molecule has 0 radical (unpaired) electrons. The lowest BCUT2D eigenvalue weighted by Crippen LogP contribution is -2.50. The second kappa shape index (κ2) is 4.99. The van der Waals surface area contributed by atoms with Crippen molar-refractivity contribution in [2.24, 2.45) is 5.14 Å². The third-order valence-corrected chi connectivity index (χ3v) is 4.54. The van der Waals surface area contributed by atoms with E-state index in [1.807, 2.05) is 0 Å². The number of benzene rings is 1. The first-order valence-electron chi connectivity index (χ1n) is 6.16. The van der Waals surface area contributed by atoms with E-state index < -0.39 is 10.0 Å². The quantitative estimate of drug-likeness (QED) is 0.749. The van der Waals surface area contributed by atoms with E-state index in [0.717, 1.165) is 25.3 Å². The lowest BCUT2D eigenvalue weighted by atomic mass is 10.1. The maximum atomic E-state index is 11.4. The zero-order valence-electron chi connectivity index (χ0n) is 11.2. The van der Waals surface area contributed by atoms with E-state index in [1.54, 1.807) is 12.1 Å². The number of hydrogen-bond donors (Lipinski definition) is 2. The molecule has 0 amide bonds. The van der Waals surface area contributed by atoms with Crippen LogP contribution >= 0.6 is 0 Å². The van der Waals surface area contributed by atoms with Crippen LogP contribution in [0.5, 0.6) is 0 Å². The Labute approximate surface area is 114 Å². The molecule has 2 rings (SSSR count). The molecule has 1 heterocycles. The third-order valence-electron chi connectivity index (χ3n) is 3.63. The number of nitrogens with zero attached hydrogens (tertiary/aromatic N) is 2. The highest BCUT2D eigenvalue weighted by Crippen LogP contribution is 2.28. The summed E-state index contributed by atoms with van der Waals surface area (Å²) in [6.45, 7) is 4.68. The standard InChI is InChI=1S/C12H20N4O2S/c1-9-8-16(6-5-15(9)2)12-7-10(19(14,17)18)3-4-11(12)13/h3-4,7,9H,5-6,8,13H2,1-2H3,(H2,14,17,18). The van der Waals surface area contributed by atoms with Gasteiger partial charge < -0.3 is 15.5 Å². The van der Waals surface area contributed by atoms with Crippen LogP contribution in [-0.2, 0) is 10.0 Å². The van der Waals surface area contributed by atoms with Crippen LogP contribution in [0.3, 0.4) is 0 Å². The second-order valence-electron chi connectivity index (χ2n) is 5.04. The van der Waals surface area contributed by atoms with E-state index in [0.29, 0.717) is 11.7 Å². The van der Waals surface area contributed by atoms with Crippen LogP contribution < -0.4 is 15.8 Å². The van der Waals surface area contributed by atoms with E-state index in [1.165, 1.54) is 6.07 Å². The van der Waals surface area contributed by atoms with Crippen LogP contribution in [0.2, 0.25) is 0 Å². The van der Waals surface area contributed by atoms with Crippen molar-refractivity contribution in [1.82, 2.24) is 4.90 Å². The van der Waals surface area contributed by atoms with Gasteiger partial charge in [-0.2, -0.15) is 0 Å². The Hall–Kier alpha value is -1.31. The van der Waals surface area contributed by atoms with Gasteiger partial charge in [-0.3, -0.25) is 0 Å². The molecule has 0 saturated carbocycles. The van der Waals surface area contributed by atoms with Gasteiger partial charge in [-0.05, 0) is 32.2 Å². The van der Waals surface area contributed by atoms with Gasteiger partial charge in [0.2, 0.25) is 10.0 Å². The molecule has 1 aromatic carbocycles. The lowest BCUT2D eigenvalue weighted by molar-refractivity contribution is 0.234. The van der Waals surface area contributed by atoms with Gasteiger partial charge in [0.25, 0.3) is 0 Å². The summed E-state index contributed by atoms with van der Waals surface area (Å²) in [7, 11) is -1.62. The van der Waals surface area contributed by atoms with E-state index >= 15 is 0 Å². The smallest absolute Gasteiger partial charge is 0.238 e. The number of nitrogens with two attached hydrogens (primary N) is 2. The number of primary sulfonamides is 1. The Balaban J connectivity index is 2.34. The summed E-state index contributed by atoms with van der Waals surface area (Å²) in [6.07, 6.45) is 0. The van der Waals surface area contributed by atoms with Crippen molar-refractivity contribution in [3.05, 3.63) is 18.2 Å². The van der Waals surface area contributed by atoms with Crippen LogP contribution in [0, 0.1) is 0 Å². The molecule has 0 bridgehead atoms. The first-order chi connectivity index (χ1) is 8.79. The first kappa shape index (κ1) is 14.1. The van der Waals surface area contributed by atoms with Crippen molar-refractivity contribution in [3.63, 3.8) is 0 Å². The van der Waals surface area contributed by atoms with E-state index in [-0.39, 0.29) is 4.90 Å². The average Bonchev–Trinajstić information content (AvgIpc) is 2.32. The molecule has 1 aromatic rings. The molecule has 106 valence electrons. The van der Waals surface area contributed by atoms with Gasteiger partial charge in [-0.1, -0.05) is 0 Å². The zero-order chi connectivity index (χ0) is 14.2. The van der Waals surface area contributed by atoms with E-state index in [9.17, 15) is 8.42 Å². The van der Waals surface area contributed by atoms with Crippen molar-refractivity contribution in [2.45, 2.75) is 17.9 Å². The van der Waals surface area contributed by atoms with Crippen LogP contribution in [0.25, 0.3) is 0 Å². The number of rotatable bonds is 2. The van der Waals surface area contributed by atoms with Crippen LogP contribution in [0.1, 0.15) is 6.92 Å². The Morgan fingerprint density at radius 2 is 2.00 bits per heavy atom. The molecule has 6 nitrogen and oxygen atoms in total. The van der Waals surface area contributed by atoms with Gasteiger partial charge in [0, 0.05) is 25.7 Å².